The molecule has 36 heavy (non-hydrogen) atoms. The average molecular weight is 493 g/mol. The predicted molar refractivity (Wildman–Crippen MR) is 145 cm³/mol. The second-order valence-electron chi connectivity index (χ2n) is 9.89. The van der Waals surface area contributed by atoms with Crippen molar-refractivity contribution in [2.75, 3.05) is 38.8 Å². The zero-order chi connectivity index (χ0) is 25.7. The lowest BCUT2D eigenvalue weighted by Gasteiger charge is -2.52. The molecule has 0 bridgehead atoms. The smallest absolute Gasteiger partial charge is 0.247 e. The van der Waals surface area contributed by atoms with Gasteiger partial charge in [-0.25, -0.2) is 0 Å². The number of amides is 1. The van der Waals surface area contributed by atoms with Crippen LogP contribution in [0.25, 0.3) is 6.08 Å². The molecule has 2 aromatic carbocycles. The number of rotatable bonds is 8. The molecule has 4 rings (SSSR count). The monoisotopic (exact) mass is 492 g/mol. The fraction of sp³-hybridized carbons (Fsp3) is 0.500. The highest BCUT2D eigenvalue weighted by molar-refractivity contribution is 5.92. The summed E-state index contributed by atoms with van der Waals surface area (Å²) in [6.45, 7) is 6.77. The van der Waals surface area contributed by atoms with Crippen molar-refractivity contribution in [3.8, 4) is 11.5 Å². The molecule has 1 heterocycles. The zero-order valence-electron chi connectivity index (χ0n) is 22.1. The summed E-state index contributed by atoms with van der Waals surface area (Å²) in [5.41, 5.74) is 2.45. The van der Waals surface area contributed by atoms with Crippen molar-refractivity contribution in [1.29, 1.82) is 0 Å². The van der Waals surface area contributed by atoms with Gasteiger partial charge >= 0.3 is 0 Å². The third-order valence-electron chi connectivity index (χ3n) is 8.04. The van der Waals surface area contributed by atoms with E-state index < -0.39 is 5.60 Å². The SMILES string of the molecule is CCN(CC)c1ccc([C@@H]2[C@H]3CCCC[C@]3(O)CCN2C(=O)C=Cc2ccc(OC)c(OC)c2)cc1. The number of carbonyl (C=O) groups is 1. The molecular formula is C30H40N2O4. The third kappa shape index (κ3) is 5.24. The van der Waals surface area contributed by atoms with Gasteiger partial charge in [-0.15, -0.1) is 0 Å². The van der Waals surface area contributed by atoms with E-state index in [2.05, 4.69) is 43.0 Å². The van der Waals surface area contributed by atoms with Gasteiger partial charge in [0.1, 0.15) is 0 Å². The lowest BCUT2D eigenvalue weighted by molar-refractivity contribution is -0.150. The molecule has 1 aliphatic carbocycles. The summed E-state index contributed by atoms with van der Waals surface area (Å²) in [5, 5.41) is 11.6. The molecule has 1 saturated heterocycles. The Morgan fingerprint density at radius 3 is 2.44 bits per heavy atom. The second-order valence-corrected chi connectivity index (χ2v) is 9.89. The summed E-state index contributed by atoms with van der Waals surface area (Å²) in [6.07, 6.45) is 7.98. The van der Waals surface area contributed by atoms with Crippen LogP contribution in [0.1, 0.15) is 63.1 Å². The Bertz CT molecular complexity index is 1060. The highest BCUT2D eigenvalue weighted by Crippen LogP contribution is 2.49. The number of likely N-dealkylation sites (tertiary alicyclic amines) is 1. The molecule has 1 saturated carbocycles. The van der Waals surface area contributed by atoms with Crippen molar-refractivity contribution in [3.05, 3.63) is 59.7 Å². The van der Waals surface area contributed by atoms with E-state index in [0.29, 0.717) is 24.5 Å². The molecule has 6 heteroatoms. The normalized spacial score (nSPS) is 23.9. The maximum atomic E-state index is 13.6. The molecule has 6 nitrogen and oxygen atoms in total. The number of carbonyl (C=O) groups excluding carboxylic acids is 1. The Labute approximate surface area is 215 Å². The third-order valence-corrected chi connectivity index (χ3v) is 8.04. The Morgan fingerprint density at radius 1 is 1.06 bits per heavy atom. The molecule has 0 spiro atoms. The Morgan fingerprint density at radius 2 is 1.78 bits per heavy atom. The van der Waals surface area contributed by atoms with Crippen molar-refractivity contribution in [3.63, 3.8) is 0 Å². The molecule has 1 aliphatic heterocycles. The lowest BCUT2D eigenvalue weighted by atomic mass is 9.66. The highest BCUT2D eigenvalue weighted by atomic mass is 16.5. The van der Waals surface area contributed by atoms with Gasteiger partial charge in [0.25, 0.3) is 0 Å². The summed E-state index contributed by atoms with van der Waals surface area (Å²) in [4.78, 5) is 17.9. The standard InChI is InChI=1S/C30H40N2O4/c1-5-31(6-2)24-14-12-23(13-15-24)29-25-9-7-8-18-30(25,34)19-20-32(29)28(33)17-11-22-10-16-26(35-3)27(21-22)36-4/h10-17,21,25,29,34H,5-9,18-20H2,1-4H3/t25-,29-,30+/m1/s1. The van der Waals surface area contributed by atoms with Crippen LogP contribution in [0, 0.1) is 5.92 Å². The minimum Gasteiger partial charge on any atom is -0.493 e. The lowest BCUT2D eigenvalue weighted by Crippen LogP contribution is -2.56. The number of piperidine rings is 1. The molecule has 1 N–H and O–H groups in total. The van der Waals surface area contributed by atoms with Gasteiger partial charge < -0.3 is 24.4 Å². The Kier molecular flexibility index (Phi) is 8.24. The fourth-order valence-corrected chi connectivity index (χ4v) is 6.03. The van der Waals surface area contributed by atoms with Gasteiger partial charge in [-0.3, -0.25) is 4.79 Å². The van der Waals surface area contributed by atoms with Gasteiger partial charge in [0, 0.05) is 37.3 Å². The molecule has 2 fully saturated rings. The number of nitrogens with zero attached hydrogens (tertiary/aromatic N) is 2. The van der Waals surface area contributed by atoms with Gasteiger partial charge in [-0.05, 0) is 74.6 Å². The van der Waals surface area contributed by atoms with Crippen LogP contribution in [0.15, 0.2) is 48.5 Å². The largest absolute Gasteiger partial charge is 0.493 e. The van der Waals surface area contributed by atoms with Crippen LogP contribution in [-0.4, -0.2) is 55.4 Å². The first-order valence-corrected chi connectivity index (χ1v) is 13.2. The van der Waals surface area contributed by atoms with Crippen molar-refractivity contribution in [1.82, 2.24) is 4.90 Å². The zero-order valence-corrected chi connectivity index (χ0v) is 22.1. The van der Waals surface area contributed by atoms with Gasteiger partial charge in [-0.1, -0.05) is 31.0 Å². The predicted octanol–water partition coefficient (Wildman–Crippen LogP) is 5.46. The van der Waals surface area contributed by atoms with Gasteiger partial charge in [0.05, 0.1) is 25.9 Å². The summed E-state index contributed by atoms with van der Waals surface area (Å²) < 4.78 is 10.7. The maximum absolute atomic E-state index is 13.6. The van der Waals surface area contributed by atoms with E-state index >= 15 is 0 Å². The first-order chi connectivity index (χ1) is 17.4. The van der Waals surface area contributed by atoms with E-state index in [1.807, 2.05) is 29.2 Å². The minimum absolute atomic E-state index is 0.0322. The van der Waals surface area contributed by atoms with Crippen LogP contribution in [0.4, 0.5) is 5.69 Å². The molecule has 194 valence electrons. The van der Waals surface area contributed by atoms with Crippen molar-refractivity contribution in [2.45, 2.75) is 57.6 Å². The number of fused-ring (bicyclic) bond motifs is 1. The van der Waals surface area contributed by atoms with E-state index in [0.717, 1.165) is 49.9 Å². The summed E-state index contributed by atoms with van der Waals surface area (Å²) in [5.74, 6) is 1.29. The molecule has 2 aromatic rings. The highest BCUT2D eigenvalue weighted by Gasteiger charge is 2.49. The number of hydrogen-bond acceptors (Lipinski definition) is 5. The average Bonchev–Trinajstić information content (AvgIpc) is 2.91. The summed E-state index contributed by atoms with van der Waals surface area (Å²) in [6, 6.07) is 14.1. The van der Waals surface area contributed by atoms with E-state index in [-0.39, 0.29) is 17.9 Å². The van der Waals surface area contributed by atoms with Crippen molar-refractivity contribution in [2.24, 2.45) is 5.92 Å². The van der Waals surface area contributed by atoms with E-state index in [1.54, 1.807) is 20.3 Å². The summed E-state index contributed by atoms with van der Waals surface area (Å²) in [7, 11) is 3.21. The number of aliphatic hydroxyl groups is 1. The van der Waals surface area contributed by atoms with E-state index in [1.165, 1.54) is 5.69 Å². The molecule has 2 aliphatic rings. The topological polar surface area (TPSA) is 62.2 Å². The summed E-state index contributed by atoms with van der Waals surface area (Å²) >= 11 is 0. The number of hydrogen-bond donors (Lipinski definition) is 1. The first-order valence-electron chi connectivity index (χ1n) is 13.2. The molecule has 0 radical (unpaired) electrons. The number of ether oxygens (including phenoxy) is 2. The fourth-order valence-electron chi connectivity index (χ4n) is 6.03. The maximum Gasteiger partial charge on any atom is 0.247 e. The number of anilines is 1. The second kappa shape index (κ2) is 11.4. The molecule has 1 amide bonds. The van der Waals surface area contributed by atoms with Crippen LogP contribution >= 0.6 is 0 Å². The quantitative estimate of drug-likeness (QED) is 0.496. The molecular weight excluding hydrogens is 452 g/mol. The van der Waals surface area contributed by atoms with Gasteiger partial charge in [-0.2, -0.15) is 0 Å². The van der Waals surface area contributed by atoms with Gasteiger partial charge in [0.2, 0.25) is 5.91 Å². The molecule has 3 atom stereocenters. The van der Waals surface area contributed by atoms with Crippen molar-refractivity contribution >= 4 is 17.7 Å². The van der Waals surface area contributed by atoms with E-state index in [9.17, 15) is 9.90 Å². The van der Waals surface area contributed by atoms with Gasteiger partial charge in [0.15, 0.2) is 11.5 Å². The van der Waals surface area contributed by atoms with E-state index in [4.69, 9.17) is 9.47 Å². The number of methoxy groups -OCH3 is 2. The number of benzene rings is 2. The Hall–Kier alpha value is -2.99. The van der Waals surface area contributed by atoms with Crippen LogP contribution in [0.5, 0.6) is 11.5 Å². The van der Waals surface area contributed by atoms with Crippen molar-refractivity contribution < 1.29 is 19.4 Å². The van der Waals surface area contributed by atoms with Crippen LogP contribution in [0.3, 0.4) is 0 Å². The molecule has 0 aromatic heterocycles. The Balaban J connectivity index is 1.63. The molecule has 0 unspecified atom stereocenters. The minimum atomic E-state index is -0.704. The van der Waals surface area contributed by atoms with Crippen LogP contribution in [-0.2, 0) is 4.79 Å². The first kappa shape index (κ1) is 26.1. The van der Waals surface area contributed by atoms with Crippen LogP contribution in [0.2, 0.25) is 0 Å². The van der Waals surface area contributed by atoms with Crippen LogP contribution < -0.4 is 14.4 Å².